The Morgan fingerprint density at radius 1 is 1.25 bits per heavy atom. The van der Waals surface area contributed by atoms with E-state index in [4.69, 9.17) is 9.68 Å². The van der Waals surface area contributed by atoms with Gasteiger partial charge in [0.25, 0.3) is 5.91 Å². The van der Waals surface area contributed by atoms with Gasteiger partial charge in [0.05, 0.1) is 17.9 Å². The number of amides is 1. The van der Waals surface area contributed by atoms with Crippen LogP contribution in [0.3, 0.4) is 0 Å². The van der Waals surface area contributed by atoms with Crippen molar-refractivity contribution in [3.63, 3.8) is 0 Å². The van der Waals surface area contributed by atoms with E-state index in [9.17, 15) is 9.59 Å². The van der Waals surface area contributed by atoms with Crippen LogP contribution in [-0.4, -0.2) is 18.7 Å². The SMILES string of the molecule is CN(C(=O)C(C#N)C(=O)c1ccoc1)c1ccccc1. The molecule has 0 saturated carbocycles. The molecular formula is C15H12N2O3. The van der Waals surface area contributed by atoms with Gasteiger partial charge >= 0.3 is 0 Å². The van der Waals surface area contributed by atoms with Crippen molar-refractivity contribution in [2.45, 2.75) is 0 Å². The summed E-state index contributed by atoms with van der Waals surface area (Å²) in [6.45, 7) is 0. The number of benzene rings is 1. The zero-order chi connectivity index (χ0) is 14.5. The highest BCUT2D eigenvalue weighted by Crippen LogP contribution is 2.17. The number of nitrogens with zero attached hydrogens (tertiary/aromatic N) is 2. The second kappa shape index (κ2) is 5.85. The topological polar surface area (TPSA) is 74.3 Å². The molecule has 1 unspecified atom stereocenters. The van der Waals surface area contributed by atoms with Crippen LogP contribution in [-0.2, 0) is 4.79 Å². The Balaban J connectivity index is 2.22. The smallest absolute Gasteiger partial charge is 0.252 e. The van der Waals surface area contributed by atoms with Gasteiger partial charge in [-0.25, -0.2) is 0 Å². The van der Waals surface area contributed by atoms with Crippen LogP contribution in [0.1, 0.15) is 10.4 Å². The van der Waals surface area contributed by atoms with E-state index in [0.29, 0.717) is 5.69 Å². The molecule has 0 N–H and O–H groups in total. The maximum Gasteiger partial charge on any atom is 0.252 e. The van der Waals surface area contributed by atoms with Crippen LogP contribution < -0.4 is 4.90 Å². The van der Waals surface area contributed by atoms with Crippen molar-refractivity contribution in [3.8, 4) is 6.07 Å². The minimum absolute atomic E-state index is 0.214. The van der Waals surface area contributed by atoms with Crippen LogP contribution in [0, 0.1) is 17.2 Å². The van der Waals surface area contributed by atoms with Crippen LogP contribution >= 0.6 is 0 Å². The van der Waals surface area contributed by atoms with Crippen molar-refractivity contribution in [1.82, 2.24) is 0 Å². The Morgan fingerprint density at radius 2 is 1.95 bits per heavy atom. The van der Waals surface area contributed by atoms with Gasteiger partial charge in [-0.1, -0.05) is 18.2 Å². The summed E-state index contributed by atoms with van der Waals surface area (Å²) < 4.78 is 4.80. The molecule has 0 fully saturated rings. The monoisotopic (exact) mass is 268 g/mol. The largest absolute Gasteiger partial charge is 0.472 e. The number of carbonyl (C=O) groups is 2. The number of Topliss-reactive ketones (excluding diaryl/α,β-unsaturated/α-hetero) is 1. The summed E-state index contributed by atoms with van der Waals surface area (Å²) in [6.07, 6.45) is 2.55. The van der Waals surface area contributed by atoms with Gasteiger partial charge in [0.2, 0.25) is 0 Å². The van der Waals surface area contributed by atoms with Crippen molar-refractivity contribution in [1.29, 1.82) is 5.26 Å². The van der Waals surface area contributed by atoms with Crippen LogP contribution in [0.2, 0.25) is 0 Å². The Labute approximate surface area is 116 Å². The van der Waals surface area contributed by atoms with Crippen molar-refractivity contribution >= 4 is 17.4 Å². The third-order valence-electron chi connectivity index (χ3n) is 2.92. The Hall–Kier alpha value is -2.87. The van der Waals surface area contributed by atoms with Gasteiger partial charge in [-0.3, -0.25) is 9.59 Å². The molecule has 0 radical (unpaired) electrons. The lowest BCUT2D eigenvalue weighted by molar-refractivity contribution is -0.119. The fraction of sp³-hybridized carbons (Fsp3) is 0.133. The number of carbonyl (C=O) groups excluding carboxylic acids is 2. The fourth-order valence-electron chi connectivity index (χ4n) is 1.77. The van der Waals surface area contributed by atoms with Crippen molar-refractivity contribution in [2.75, 3.05) is 11.9 Å². The highest BCUT2D eigenvalue weighted by Gasteiger charge is 2.31. The normalized spacial score (nSPS) is 11.4. The van der Waals surface area contributed by atoms with E-state index in [1.54, 1.807) is 30.3 Å². The lowest BCUT2D eigenvalue weighted by atomic mass is 9.99. The lowest BCUT2D eigenvalue weighted by Crippen LogP contribution is -2.36. The minimum Gasteiger partial charge on any atom is -0.472 e. The third kappa shape index (κ3) is 2.59. The van der Waals surface area contributed by atoms with Crippen molar-refractivity contribution in [3.05, 3.63) is 54.5 Å². The number of furan rings is 1. The molecular weight excluding hydrogens is 256 g/mol. The zero-order valence-corrected chi connectivity index (χ0v) is 10.8. The van der Waals surface area contributed by atoms with Crippen LogP contribution in [0.15, 0.2) is 53.3 Å². The maximum atomic E-state index is 12.3. The van der Waals surface area contributed by atoms with Gasteiger partial charge in [0, 0.05) is 12.7 Å². The molecule has 0 saturated heterocycles. The molecule has 1 heterocycles. The summed E-state index contributed by atoms with van der Waals surface area (Å²) in [5.74, 6) is -2.50. The summed E-state index contributed by atoms with van der Waals surface area (Å²) >= 11 is 0. The molecule has 2 aromatic rings. The molecule has 5 heteroatoms. The van der Waals surface area contributed by atoms with Crippen LogP contribution in [0.4, 0.5) is 5.69 Å². The van der Waals surface area contributed by atoms with E-state index in [2.05, 4.69) is 0 Å². The second-order valence-electron chi connectivity index (χ2n) is 4.17. The molecule has 0 aliphatic heterocycles. The van der Waals surface area contributed by atoms with E-state index < -0.39 is 17.6 Å². The van der Waals surface area contributed by atoms with E-state index in [1.807, 2.05) is 6.07 Å². The summed E-state index contributed by atoms with van der Waals surface area (Å²) in [7, 11) is 1.53. The van der Waals surface area contributed by atoms with Gasteiger partial charge in [-0.15, -0.1) is 0 Å². The van der Waals surface area contributed by atoms with Crippen LogP contribution in [0.5, 0.6) is 0 Å². The van der Waals surface area contributed by atoms with Gasteiger partial charge in [-0.05, 0) is 18.2 Å². The molecule has 20 heavy (non-hydrogen) atoms. The first-order valence-electron chi connectivity index (χ1n) is 5.94. The number of hydrogen-bond acceptors (Lipinski definition) is 4. The highest BCUT2D eigenvalue weighted by atomic mass is 16.3. The zero-order valence-electron chi connectivity index (χ0n) is 10.8. The van der Waals surface area contributed by atoms with Gasteiger partial charge in [0.1, 0.15) is 6.26 Å². The molecule has 0 aliphatic rings. The number of anilines is 1. The number of nitriles is 1. The molecule has 0 spiro atoms. The van der Waals surface area contributed by atoms with E-state index in [-0.39, 0.29) is 5.56 Å². The summed E-state index contributed by atoms with van der Waals surface area (Å²) in [5.41, 5.74) is 0.837. The molecule has 0 aliphatic carbocycles. The number of rotatable bonds is 4. The second-order valence-corrected chi connectivity index (χ2v) is 4.17. The minimum atomic E-state index is -1.38. The predicted octanol–water partition coefficient (Wildman–Crippen LogP) is 2.27. The first-order chi connectivity index (χ1) is 9.65. The fourth-order valence-corrected chi connectivity index (χ4v) is 1.77. The molecule has 5 nitrogen and oxygen atoms in total. The summed E-state index contributed by atoms with van der Waals surface area (Å²) in [5, 5.41) is 9.11. The summed E-state index contributed by atoms with van der Waals surface area (Å²) in [6, 6.07) is 12.0. The molecule has 100 valence electrons. The van der Waals surface area contributed by atoms with Gasteiger partial charge in [0.15, 0.2) is 11.7 Å². The Kier molecular flexibility index (Phi) is 3.96. The van der Waals surface area contributed by atoms with Crippen LogP contribution in [0.25, 0.3) is 0 Å². The first kappa shape index (κ1) is 13.6. The maximum absolute atomic E-state index is 12.3. The van der Waals surface area contributed by atoms with E-state index >= 15 is 0 Å². The number of hydrogen-bond donors (Lipinski definition) is 0. The van der Waals surface area contributed by atoms with Crippen molar-refractivity contribution < 1.29 is 14.0 Å². The molecule has 1 atom stereocenters. The van der Waals surface area contributed by atoms with E-state index in [1.165, 1.54) is 30.5 Å². The molecule has 0 bridgehead atoms. The predicted molar refractivity (Wildman–Crippen MR) is 72.0 cm³/mol. The Bertz CT molecular complexity index is 642. The molecule has 1 amide bonds. The third-order valence-corrected chi connectivity index (χ3v) is 2.92. The lowest BCUT2D eigenvalue weighted by Gasteiger charge is -2.19. The number of para-hydroxylation sites is 1. The standard InChI is InChI=1S/C15H12N2O3/c1-17(12-5-3-2-4-6-12)15(19)13(9-16)14(18)11-7-8-20-10-11/h2-8,10,13H,1H3. The molecule has 1 aromatic carbocycles. The average Bonchev–Trinajstić information content (AvgIpc) is 3.02. The summed E-state index contributed by atoms with van der Waals surface area (Å²) in [4.78, 5) is 25.6. The van der Waals surface area contributed by atoms with Crippen molar-refractivity contribution in [2.24, 2.45) is 5.92 Å². The average molecular weight is 268 g/mol. The number of ketones is 1. The molecule has 2 rings (SSSR count). The first-order valence-corrected chi connectivity index (χ1v) is 5.94. The van der Waals surface area contributed by atoms with E-state index in [0.717, 1.165) is 0 Å². The quantitative estimate of drug-likeness (QED) is 0.629. The van der Waals surface area contributed by atoms with Gasteiger partial charge < -0.3 is 9.32 Å². The highest BCUT2D eigenvalue weighted by molar-refractivity contribution is 6.16. The molecule has 1 aromatic heterocycles. The van der Waals surface area contributed by atoms with Gasteiger partial charge in [-0.2, -0.15) is 5.26 Å². The Morgan fingerprint density at radius 3 is 2.50 bits per heavy atom.